The van der Waals surface area contributed by atoms with Crippen LogP contribution in [0.5, 0.6) is 5.75 Å². The van der Waals surface area contributed by atoms with Crippen molar-refractivity contribution in [3.8, 4) is 5.75 Å². The molecule has 9 nitrogen and oxygen atoms in total. The molecule has 0 atom stereocenters. The van der Waals surface area contributed by atoms with Crippen molar-refractivity contribution in [3.63, 3.8) is 0 Å². The summed E-state index contributed by atoms with van der Waals surface area (Å²) in [5.74, 6) is -0.949. The molecule has 1 heterocycles. The number of nitrogens with zero attached hydrogens (tertiary/aromatic N) is 1. The summed E-state index contributed by atoms with van der Waals surface area (Å²) < 4.78 is 55.6. The van der Waals surface area contributed by atoms with Gasteiger partial charge in [0.05, 0.1) is 15.5 Å². The van der Waals surface area contributed by atoms with E-state index in [0.717, 1.165) is 23.6 Å². The first kappa shape index (κ1) is 25.7. The van der Waals surface area contributed by atoms with Gasteiger partial charge in [0, 0.05) is 24.3 Å². The number of phenolic OH excluding ortho intramolecular Hbond substituents is 1. The maximum Gasteiger partial charge on any atom is 0.261 e. The van der Waals surface area contributed by atoms with E-state index >= 15 is 0 Å². The molecule has 0 radical (unpaired) electrons. The van der Waals surface area contributed by atoms with E-state index < -0.39 is 26.0 Å². The van der Waals surface area contributed by atoms with Crippen LogP contribution in [-0.4, -0.2) is 45.2 Å². The van der Waals surface area contributed by atoms with Crippen molar-refractivity contribution in [3.05, 3.63) is 90.5 Å². The first-order valence-corrected chi connectivity index (χ1v) is 14.8. The highest BCUT2D eigenvalue weighted by Crippen LogP contribution is 2.30. The van der Waals surface area contributed by atoms with E-state index in [1.165, 1.54) is 52.8 Å². The Morgan fingerprint density at radius 1 is 0.763 bits per heavy atom. The van der Waals surface area contributed by atoms with Crippen molar-refractivity contribution >= 4 is 48.1 Å². The predicted molar refractivity (Wildman–Crippen MR) is 145 cm³/mol. The number of aromatic hydroxyl groups is 1. The van der Waals surface area contributed by atoms with Crippen LogP contribution in [0.1, 0.15) is 23.2 Å². The number of hydrogen-bond acceptors (Lipinski definition) is 6. The Kier molecular flexibility index (Phi) is 6.82. The quantitative estimate of drug-likeness (QED) is 0.292. The molecule has 4 aromatic rings. The Morgan fingerprint density at radius 3 is 2.24 bits per heavy atom. The molecule has 1 fully saturated rings. The molecule has 1 amide bonds. The summed E-state index contributed by atoms with van der Waals surface area (Å²) in [7, 11) is -7.69. The number of nitrogens with one attached hydrogen (secondary N) is 2. The summed E-state index contributed by atoms with van der Waals surface area (Å²) in [4.78, 5) is 13.0. The van der Waals surface area contributed by atoms with E-state index in [1.807, 2.05) is 24.3 Å². The van der Waals surface area contributed by atoms with Gasteiger partial charge in [0.15, 0.2) is 0 Å². The number of phenols is 1. The van der Waals surface area contributed by atoms with Crippen LogP contribution in [0.15, 0.2) is 94.7 Å². The van der Waals surface area contributed by atoms with Crippen LogP contribution in [0.4, 0.5) is 11.4 Å². The number of rotatable bonds is 7. The summed E-state index contributed by atoms with van der Waals surface area (Å²) in [5.41, 5.74) is 0.203. The Bertz CT molecular complexity index is 1750. The Hall–Kier alpha value is -3.93. The van der Waals surface area contributed by atoms with Gasteiger partial charge < -0.3 is 10.4 Å². The normalized spacial score (nSPS) is 14.4. The van der Waals surface area contributed by atoms with Crippen LogP contribution >= 0.6 is 0 Å². The molecule has 38 heavy (non-hydrogen) atoms. The molecule has 0 spiro atoms. The summed E-state index contributed by atoms with van der Waals surface area (Å²) in [6.07, 6.45) is 1.56. The lowest BCUT2D eigenvalue weighted by Gasteiger charge is -2.17. The lowest BCUT2D eigenvalue weighted by molar-refractivity contribution is 0.102. The van der Waals surface area contributed by atoms with Crippen molar-refractivity contribution in [1.82, 2.24) is 4.31 Å². The zero-order valence-corrected chi connectivity index (χ0v) is 21.8. The van der Waals surface area contributed by atoms with E-state index in [0.29, 0.717) is 13.1 Å². The number of hydrogen-bond donors (Lipinski definition) is 3. The van der Waals surface area contributed by atoms with Gasteiger partial charge in [-0.25, -0.2) is 16.8 Å². The Morgan fingerprint density at radius 2 is 1.47 bits per heavy atom. The minimum atomic E-state index is -3.94. The van der Waals surface area contributed by atoms with Gasteiger partial charge in [0.1, 0.15) is 5.75 Å². The molecule has 0 aliphatic carbocycles. The average Bonchev–Trinajstić information content (AvgIpc) is 3.46. The summed E-state index contributed by atoms with van der Waals surface area (Å²) in [6.45, 7) is 0.847. The molecule has 0 unspecified atom stereocenters. The molecule has 196 valence electrons. The fraction of sp³-hybridized carbons (Fsp3) is 0.148. The lowest BCUT2D eigenvalue weighted by Crippen LogP contribution is -2.28. The maximum absolute atomic E-state index is 13.0. The zero-order chi connectivity index (χ0) is 26.9. The highest BCUT2D eigenvalue weighted by molar-refractivity contribution is 7.92. The summed E-state index contributed by atoms with van der Waals surface area (Å²) in [6, 6.07) is 21.8. The standard InChI is InChI=1S/C27H25N3O6S2/c31-26-13-12-24(38(35,36)30-14-3-4-15-30)18-25(26)28-27(32)21-8-5-9-22(16-21)29-37(33,34)23-11-10-19-6-1-2-7-20(19)17-23/h1-2,5-13,16-18,29,31H,3-4,14-15H2,(H,28,32). The third-order valence-corrected chi connectivity index (χ3v) is 9.60. The highest BCUT2D eigenvalue weighted by Gasteiger charge is 2.28. The smallest absolute Gasteiger partial charge is 0.261 e. The van der Waals surface area contributed by atoms with Gasteiger partial charge in [0.2, 0.25) is 10.0 Å². The number of fused-ring (bicyclic) bond motifs is 1. The SMILES string of the molecule is O=C(Nc1cc(S(=O)(=O)N2CCCC2)ccc1O)c1cccc(NS(=O)(=O)c2ccc3ccccc3c2)c1. The van der Waals surface area contributed by atoms with Crippen molar-refractivity contribution in [2.24, 2.45) is 0 Å². The maximum atomic E-state index is 13.0. The monoisotopic (exact) mass is 551 g/mol. The topological polar surface area (TPSA) is 133 Å². The van der Waals surface area contributed by atoms with E-state index in [1.54, 1.807) is 12.1 Å². The van der Waals surface area contributed by atoms with Gasteiger partial charge in [-0.3, -0.25) is 9.52 Å². The van der Waals surface area contributed by atoms with Gasteiger partial charge in [-0.2, -0.15) is 4.31 Å². The minimum absolute atomic E-state index is 0.0376. The highest BCUT2D eigenvalue weighted by atomic mass is 32.2. The number of anilines is 2. The molecule has 0 saturated carbocycles. The summed E-state index contributed by atoms with van der Waals surface area (Å²) >= 11 is 0. The van der Waals surface area contributed by atoms with Gasteiger partial charge in [0.25, 0.3) is 15.9 Å². The first-order chi connectivity index (χ1) is 18.1. The van der Waals surface area contributed by atoms with Gasteiger partial charge in [-0.1, -0.05) is 36.4 Å². The first-order valence-electron chi connectivity index (χ1n) is 11.9. The van der Waals surface area contributed by atoms with Gasteiger partial charge >= 0.3 is 0 Å². The van der Waals surface area contributed by atoms with Crippen molar-refractivity contribution in [2.45, 2.75) is 22.6 Å². The van der Waals surface area contributed by atoms with Crippen molar-refractivity contribution in [1.29, 1.82) is 0 Å². The van der Waals surface area contributed by atoms with Crippen LogP contribution in [0.2, 0.25) is 0 Å². The van der Waals surface area contributed by atoms with Crippen LogP contribution in [0.3, 0.4) is 0 Å². The average molecular weight is 552 g/mol. The number of benzene rings is 4. The van der Waals surface area contributed by atoms with Crippen molar-refractivity contribution < 1.29 is 26.7 Å². The second-order valence-electron chi connectivity index (χ2n) is 8.94. The largest absolute Gasteiger partial charge is 0.506 e. The van der Waals surface area contributed by atoms with Gasteiger partial charge in [-0.05, 0) is 72.1 Å². The molecule has 1 aliphatic rings. The molecule has 3 N–H and O–H groups in total. The fourth-order valence-corrected chi connectivity index (χ4v) is 6.95. The van der Waals surface area contributed by atoms with Gasteiger partial charge in [-0.15, -0.1) is 0 Å². The number of carbonyl (C=O) groups is 1. The molecular formula is C27H25N3O6S2. The van der Waals surface area contributed by atoms with Crippen LogP contribution < -0.4 is 10.0 Å². The predicted octanol–water partition coefficient (Wildman–Crippen LogP) is 4.38. The molecule has 4 aromatic carbocycles. The fourth-order valence-electron chi connectivity index (χ4n) is 4.32. The van der Waals surface area contributed by atoms with E-state index in [2.05, 4.69) is 10.0 Å². The molecule has 0 aromatic heterocycles. The second kappa shape index (κ2) is 10.1. The molecular weight excluding hydrogens is 526 g/mol. The molecule has 1 aliphatic heterocycles. The third-order valence-electron chi connectivity index (χ3n) is 6.33. The molecule has 0 bridgehead atoms. The Labute approximate surface area is 220 Å². The number of sulfonamides is 2. The van der Waals surface area contributed by atoms with Crippen LogP contribution in [-0.2, 0) is 20.0 Å². The number of amides is 1. The van der Waals surface area contributed by atoms with E-state index in [-0.39, 0.29) is 32.5 Å². The molecule has 5 rings (SSSR count). The molecule has 1 saturated heterocycles. The zero-order valence-electron chi connectivity index (χ0n) is 20.2. The van der Waals surface area contributed by atoms with Crippen LogP contribution in [0.25, 0.3) is 10.8 Å². The van der Waals surface area contributed by atoms with E-state index in [9.17, 15) is 26.7 Å². The summed E-state index contributed by atoms with van der Waals surface area (Å²) in [5, 5.41) is 14.5. The second-order valence-corrected chi connectivity index (χ2v) is 12.6. The minimum Gasteiger partial charge on any atom is -0.506 e. The van der Waals surface area contributed by atoms with E-state index in [4.69, 9.17) is 0 Å². The Balaban J connectivity index is 1.36. The third kappa shape index (κ3) is 5.21. The molecule has 11 heteroatoms. The van der Waals surface area contributed by atoms with Crippen LogP contribution in [0, 0.1) is 0 Å². The lowest BCUT2D eigenvalue weighted by atomic mass is 10.1. The number of carbonyl (C=O) groups excluding carboxylic acids is 1. The van der Waals surface area contributed by atoms with Crippen molar-refractivity contribution in [2.75, 3.05) is 23.1 Å².